The summed E-state index contributed by atoms with van der Waals surface area (Å²) in [5, 5.41) is 1.46. The van der Waals surface area contributed by atoms with Crippen LogP contribution >= 0.6 is 22.9 Å². The van der Waals surface area contributed by atoms with Crippen molar-refractivity contribution in [3.8, 4) is 10.6 Å². The maximum absolute atomic E-state index is 13.3. The fourth-order valence-corrected chi connectivity index (χ4v) is 4.46. The van der Waals surface area contributed by atoms with E-state index in [4.69, 9.17) is 16.6 Å². The Bertz CT molecular complexity index is 973. The van der Waals surface area contributed by atoms with Gasteiger partial charge in [-0.3, -0.25) is 4.79 Å². The van der Waals surface area contributed by atoms with E-state index in [2.05, 4.69) is 26.0 Å². The van der Waals surface area contributed by atoms with E-state index in [0.717, 1.165) is 47.4 Å². The summed E-state index contributed by atoms with van der Waals surface area (Å²) in [5.74, 6) is 0.772. The van der Waals surface area contributed by atoms with Gasteiger partial charge in [0.05, 0.1) is 21.7 Å². The van der Waals surface area contributed by atoms with Crippen LogP contribution in [0.15, 0.2) is 36.4 Å². The number of hydrogen-bond donors (Lipinski definition) is 0. The van der Waals surface area contributed by atoms with Crippen LogP contribution in [0.25, 0.3) is 21.5 Å². The molecule has 1 aromatic carbocycles. The molecule has 26 heavy (non-hydrogen) atoms. The molecule has 0 bridgehead atoms. The fourth-order valence-electron chi connectivity index (χ4n) is 3.46. The Kier molecular flexibility index (Phi) is 4.72. The molecule has 3 aromatic rings. The number of benzene rings is 1. The lowest BCUT2D eigenvalue weighted by atomic mass is 9.98. The molecule has 0 N–H and O–H groups in total. The molecule has 1 aliphatic rings. The van der Waals surface area contributed by atoms with Crippen LogP contribution in [0.5, 0.6) is 0 Å². The van der Waals surface area contributed by atoms with Crippen LogP contribution in [0.1, 0.15) is 35.0 Å². The van der Waals surface area contributed by atoms with Crippen molar-refractivity contribution in [3.05, 3.63) is 51.9 Å². The maximum atomic E-state index is 13.3. The van der Waals surface area contributed by atoms with Crippen LogP contribution in [-0.4, -0.2) is 28.9 Å². The minimum Gasteiger partial charge on any atom is -0.339 e. The normalized spacial score (nSPS) is 15.6. The summed E-state index contributed by atoms with van der Waals surface area (Å²) in [4.78, 5) is 22.3. The lowest BCUT2D eigenvalue weighted by Gasteiger charge is -2.30. The Labute approximate surface area is 162 Å². The SMILES string of the molecule is Cc1ccc(-c2cc(C(=O)N3CCC(C)CC3)c3cc(Cl)ccc3n2)s1. The molecule has 4 rings (SSSR count). The van der Waals surface area contributed by atoms with E-state index in [1.165, 1.54) is 4.88 Å². The highest BCUT2D eigenvalue weighted by atomic mass is 35.5. The van der Waals surface area contributed by atoms with Gasteiger partial charge in [0.25, 0.3) is 5.91 Å². The van der Waals surface area contributed by atoms with Crippen molar-refractivity contribution in [3.63, 3.8) is 0 Å². The highest BCUT2D eigenvalue weighted by Crippen LogP contribution is 2.32. The first kappa shape index (κ1) is 17.5. The van der Waals surface area contributed by atoms with Crippen molar-refractivity contribution in [1.82, 2.24) is 9.88 Å². The number of carbonyl (C=O) groups is 1. The van der Waals surface area contributed by atoms with E-state index in [-0.39, 0.29) is 5.91 Å². The number of hydrogen-bond acceptors (Lipinski definition) is 3. The average molecular weight is 385 g/mol. The van der Waals surface area contributed by atoms with Crippen molar-refractivity contribution >= 4 is 39.7 Å². The van der Waals surface area contributed by atoms with Gasteiger partial charge in [-0.1, -0.05) is 18.5 Å². The lowest BCUT2D eigenvalue weighted by molar-refractivity contribution is 0.0699. The molecule has 1 aliphatic heterocycles. The largest absolute Gasteiger partial charge is 0.339 e. The molecule has 134 valence electrons. The number of fused-ring (bicyclic) bond motifs is 1. The van der Waals surface area contributed by atoms with Crippen LogP contribution in [0, 0.1) is 12.8 Å². The Morgan fingerprint density at radius 3 is 2.65 bits per heavy atom. The molecular formula is C21H21ClN2OS. The van der Waals surface area contributed by atoms with Crippen LogP contribution in [0.4, 0.5) is 0 Å². The van der Waals surface area contributed by atoms with E-state index in [0.29, 0.717) is 16.5 Å². The van der Waals surface area contributed by atoms with Gasteiger partial charge in [-0.05, 0) is 62.1 Å². The van der Waals surface area contributed by atoms with Gasteiger partial charge in [-0.15, -0.1) is 11.3 Å². The first-order chi connectivity index (χ1) is 12.5. The Morgan fingerprint density at radius 2 is 1.96 bits per heavy atom. The molecular weight excluding hydrogens is 364 g/mol. The summed E-state index contributed by atoms with van der Waals surface area (Å²) in [6.45, 7) is 5.96. The van der Waals surface area contributed by atoms with Crippen LogP contribution in [-0.2, 0) is 0 Å². The molecule has 5 heteroatoms. The van der Waals surface area contributed by atoms with Gasteiger partial charge in [0.2, 0.25) is 0 Å². The van der Waals surface area contributed by atoms with Crippen LogP contribution < -0.4 is 0 Å². The predicted molar refractivity (Wildman–Crippen MR) is 109 cm³/mol. The second-order valence-electron chi connectivity index (χ2n) is 7.10. The fraction of sp³-hybridized carbons (Fsp3) is 0.333. The molecule has 0 aliphatic carbocycles. The Balaban J connectivity index is 1.83. The lowest BCUT2D eigenvalue weighted by Crippen LogP contribution is -2.38. The number of nitrogens with zero attached hydrogens (tertiary/aromatic N) is 2. The maximum Gasteiger partial charge on any atom is 0.254 e. The molecule has 0 atom stereocenters. The third-order valence-corrected chi connectivity index (χ3v) is 6.32. The molecule has 1 amide bonds. The summed E-state index contributed by atoms with van der Waals surface area (Å²) in [7, 11) is 0. The molecule has 0 spiro atoms. The molecule has 0 saturated carbocycles. The number of likely N-dealkylation sites (tertiary alicyclic amines) is 1. The molecule has 1 saturated heterocycles. The summed E-state index contributed by atoms with van der Waals surface area (Å²) in [6, 6.07) is 11.7. The highest BCUT2D eigenvalue weighted by molar-refractivity contribution is 7.15. The molecule has 1 fully saturated rings. The summed E-state index contributed by atoms with van der Waals surface area (Å²) < 4.78 is 0. The van der Waals surface area contributed by atoms with E-state index in [1.54, 1.807) is 11.3 Å². The van der Waals surface area contributed by atoms with Crippen molar-refractivity contribution in [2.24, 2.45) is 5.92 Å². The van der Waals surface area contributed by atoms with Gasteiger partial charge in [0, 0.05) is 28.4 Å². The first-order valence-corrected chi connectivity index (χ1v) is 10.2. The number of amides is 1. The van der Waals surface area contributed by atoms with E-state index >= 15 is 0 Å². The topological polar surface area (TPSA) is 33.2 Å². The number of thiophene rings is 1. The van der Waals surface area contributed by atoms with Gasteiger partial charge < -0.3 is 4.90 Å². The van der Waals surface area contributed by atoms with Gasteiger partial charge in [0.1, 0.15) is 0 Å². The van der Waals surface area contributed by atoms with E-state index < -0.39 is 0 Å². The quantitative estimate of drug-likeness (QED) is 0.559. The first-order valence-electron chi connectivity index (χ1n) is 8.97. The van der Waals surface area contributed by atoms with Gasteiger partial charge in [-0.2, -0.15) is 0 Å². The molecule has 0 radical (unpaired) electrons. The summed E-state index contributed by atoms with van der Waals surface area (Å²) in [5.41, 5.74) is 2.37. The second-order valence-corrected chi connectivity index (χ2v) is 8.83. The van der Waals surface area contributed by atoms with Gasteiger partial charge in [-0.25, -0.2) is 4.98 Å². The smallest absolute Gasteiger partial charge is 0.254 e. The Hall–Kier alpha value is -1.91. The monoisotopic (exact) mass is 384 g/mol. The third kappa shape index (κ3) is 3.36. The van der Waals surface area contributed by atoms with Gasteiger partial charge >= 0.3 is 0 Å². The second kappa shape index (κ2) is 7.01. The van der Waals surface area contributed by atoms with Crippen molar-refractivity contribution < 1.29 is 4.79 Å². The molecule has 2 aromatic heterocycles. The predicted octanol–water partition coefficient (Wildman–Crippen LogP) is 5.80. The number of pyridine rings is 1. The van der Waals surface area contributed by atoms with E-state index in [9.17, 15) is 4.79 Å². The molecule has 3 heterocycles. The van der Waals surface area contributed by atoms with Crippen molar-refractivity contribution in [2.75, 3.05) is 13.1 Å². The van der Waals surface area contributed by atoms with Crippen molar-refractivity contribution in [1.29, 1.82) is 0 Å². The van der Waals surface area contributed by atoms with Gasteiger partial charge in [0.15, 0.2) is 0 Å². The van der Waals surface area contributed by atoms with Crippen LogP contribution in [0.2, 0.25) is 5.02 Å². The third-order valence-electron chi connectivity index (χ3n) is 5.06. The average Bonchev–Trinajstić information content (AvgIpc) is 3.07. The van der Waals surface area contributed by atoms with Crippen molar-refractivity contribution in [2.45, 2.75) is 26.7 Å². The number of aryl methyl sites for hydroxylation is 1. The van der Waals surface area contributed by atoms with Crippen LogP contribution in [0.3, 0.4) is 0 Å². The standard InChI is InChI=1S/C21H21ClN2OS/c1-13-7-9-24(10-8-13)21(25)17-12-19(20-6-3-14(2)26-20)23-18-5-4-15(22)11-16(17)18/h3-6,11-13H,7-10H2,1-2H3. The highest BCUT2D eigenvalue weighted by Gasteiger charge is 2.24. The minimum absolute atomic E-state index is 0.0843. The molecule has 3 nitrogen and oxygen atoms in total. The van der Waals surface area contributed by atoms with E-state index in [1.807, 2.05) is 29.2 Å². The number of piperidine rings is 1. The summed E-state index contributed by atoms with van der Waals surface area (Å²) in [6.07, 6.45) is 2.12. The number of rotatable bonds is 2. The number of carbonyl (C=O) groups excluding carboxylic acids is 1. The zero-order valence-corrected chi connectivity index (χ0v) is 16.5. The number of aromatic nitrogens is 1. The summed E-state index contributed by atoms with van der Waals surface area (Å²) >= 11 is 7.91. The minimum atomic E-state index is 0.0843. The zero-order valence-electron chi connectivity index (χ0n) is 15.0. The Morgan fingerprint density at radius 1 is 1.19 bits per heavy atom. The number of halogens is 1. The molecule has 0 unspecified atom stereocenters. The zero-order chi connectivity index (χ0) is 18.3.